The monoisotopic (exact) mass is 387 g/mol. The van der Waals surface area contributed by atoms with Crippen LogP contribution in [0.25, 0.3) is 0 Å². The normalized spacial score (nSPS) is 25.5. The van der Waals surface area contributed by atoms with Gasteiger partial charge < -0.3 is 19.7 Å². The van der Waals surface area contributed by atoms with Gasteiger partial charge in [-0.3, -0.25) is 4.90 Å². The molecule has 2 fully saturated rings. The van der Waals surface area contributed by atoms with E-state index in [0.29, 0.717) is 23.9 Å². The van der Waals surface area contributed by atoms with Crippen molar-refractivity contribution in [2.45, 2.75) is 25.0 Å². The fourth-order valence-electron chi connectivity index (χ4n) is 4.51. The number of likely N-dealkylation sites (tertiary alicyclic amines) is 1. The topological polar surface area (TPSA) is 62.2 Å². The van der Waals surface area contributed by atoms with E-state index in [4.69, 9.17) is 9.47 Å². The van der Waals surface area contributed by atoms with Crippen LogP contribution in [0.3, 0.4) is 0 Å². The fraction of sp³-hybridized carbons (Fsp3) is 0.455. The Hall–Kier alpha value is -2.31. The van der Waals surface area contributed by atoms with E-state index in [2.05, 4.69) is 4.90 Å². The van der Waals surface area contributed by atoms with Crippen LogP contribution < -0.4 is 9.47 Å². The molecule has 3 unspecified atom stereocenters. The van der Waals surface area contributed by atoms with E-state index in [0.717, 1.165) is 37.4 Å². The third kappa shape index (κ3) is 4.08. The van der Waals surface area contributed by atoms with Crippen LogP contribution in [0.5, 0.6) is 17.2 Å². The Balaban J connectivity index is 1.28. The lowest BCUT2D eigenvalue weighted by atomic mass is 10.0. The number of aliphatic hydroxyl groups excluding tert-OH is 1. The van der Waals surface area contributed by atoms with Gasteiger partial charge in [-0.25, -0.2) is 4.39 Å². The number of aliphatic hydroxyl groups is 1. The van der Waals surface area contributed by atoms with Gasteiger partial charge in [0, 0.05) is 19.6 Å². The van der Waals surface area contributed by atoms with Gasteiger partial charge in [0.1, 0.15) is 11.5 Å². The maximum absolute atomic E-state index is 13.5. The number of fused-ring (bicyclic) bond motifs is 1. The first-order valence-corrected chi connectivity index (χ1v) is 9.71. The van der Waals surface area contributed by atoms with Crippen LogP contribution in [0, 0.1) is 17.7 Å². The average molecular weight is 387 g/mol. The summed E-state index contributed by atoms with van der Waals surface area (Å²) in [7, 11) is 1.65. The standard InChI is InChI=1S/C22H26FNO4/c1-27-17-3-5-18(6-4-17)28-19-8-15-11-24(12-16(15)9-19)13-22(26)14-2-7-21(25)20(23)10-14/h2-7,10,15-16,19,22,25-26H,8-9,11-13H2,1H3. The summed E-state index contributed by atoms with van der Waals surface area (Å²) >= 11 is 0. The maximum atomic E-state index is 13.5. The SMILES string of the molecule is COc1ccc(OC2CC3CN(CC(O)c4ccc(O)c(F)c4)CC3C2)cc1. The summed E-state index contributed by atoms with van der Waals surface area (Å²) in [5.74, 6) is 1.72. The Morgan fingerprint density at radius 1 is 1.07 bits per heavy atom. The van der Waals surface area contributed by atoms with Gasteiger partial charge in [0.05, 0.1) is 19.3 Å². The van der Waals surface area contributed by atoms with Gasteiger partial charge in [0.2, 0.25) is 0 Å². The van der Waals surface area contributed by atoms with Crippen molar-refractivity contribution in [2.24, 2.45) is 11.8 Å². The van der Waals surface area contributed by atoms with Crippen molar-refractivity contribution in [3.8, 4) is 17.2 Å². The van der Waals surface area contributed by atoms with E-state index in [-0.39, 0.29) is 6.10 Å². The molecule has 2 N–H and O–H groups in total. The van der Waals surface area contributed by atoms with E-state index in [1.807, 2.05) is 24.3 Å². The number of aromatic hydroxyl groups is 1. The number of halogens is 1. The highest BCUT2D eigenvalue weighted by Gasteiger charge is 2.42. The van der Waals surface area contributed by atoms with Gasteiger partial charge in [-0.1, -0.05) is 6.07 Å². The largest absolute Gasteiger partial charge is 0.505 e. The van der Waals surface area contributed by atoms with E-state index < -0.39 is 17.7 Å². The molecule has 2 aromatic rings. The molecule has 2 aromatic carbocycles. The van der Waals surface area contributed by atoms with Crippen molar-refractivity contribution < 1.29 is 24.1 Å². The Labute approximate surface area is 164 Å². The van der Waals surface area contributed by atoms with E-state index >= 15 is 0 Å². The summed E-state index contributed by atoms with van der Waals surface area (Å²) < 4.78 is 24.8. The Morgan fingerprint density at radius 2 is 1.71 bits per heavy atom. The van der Waals surface area contributed by atoms with Crippen molar-refractivity contribution >= 4 is 0 Å². The highest BCUT2D eigenvalue weighted by molar-refractivity contribution is 5.31. The molecule has 0 radical (unpaired) electrons. The Bertz CT molecular complexity index is 799. The number of methoxy groups -OCH3 is 1. The molecule has 6 heteroatoms. The minimum Gasteiger partial charge on any atom is -0.505 e. The second-order valence-electron chi connectivity index (χ2n) is 7.85. The first-order chi connectivity index (χ1) is 13.5. The molecule has 28 heavy (non-hydrogen) atoms. The lowest BCUT2D eigenvalue weighted by molar-refractivity contribution is 0.116. The number of hydrogen-bond donors (Lipinski definition) is 2. The molecule has 1 saturated heterocycles. The molecule has 2 aliphatic rings. The van der Waals surface area contributed by atoms with E-state index in [9.17, 15) is 14.6 Å². The zero-order valence-electron chi connectivity index (χ0n) is 15.9. The quantitative estimate of drug-likeness (QED) is 0.796. The molecule has 1 saturated carbocycles. The number of hydrogen-bond acceptors (Lipinski definition) is 5. The highest BCUT2D eigenvalue weighted by Crippen LogP contribution is 2.40. The lowest BCUT2D eigenvalue weighted by Crippen LogP contribution is -2.29. The number of benzene rings is 2. The lowest BCUT2D eigenvalue weighted by Gasteiger charge is -2.22. The maximum Gasteiger partial charge on any atom is 0.165 e. The molecule has 150 valence electrons. The van der Waals surface area contributed by atoms with Crippen LogP contribution in [0.15, 0.2) is 42.5 Å². The summed E-state index contributed by atoms with van der Waals surface area (Å²) in [4.78, 5) is 2.24. The van der Waals surface area contributed by atoms with Crippen LogP contribution >= 0.6 is 0 Å². The Morgan fingerprint density at radius 3 is 2.32 bits per heavy atom. The van der Waals surface area contributed by atoms with Gasteiger partial charge in [-0.2, -0.15) is 0 Å². The van der Waals surface area contributed by atoms with Crippen LogP contribution in [-0.4, -0.2) is 48.0 Å². The van der Waals surface area contributed by atoms with Crippen molar-refractivity contribution in [1.29, 1.82) is 0 Å². The van der Waals surface area contributed by atoms with E-state index in [1.54, 1.807) is 13.2 Å². The highest BCUT2D eigenvalue weighted by atomic mass is 19.1. The molecule has 1 heterocycles. The number of ether oxygens (including phenoxy) is 2. The predicted molar refractivity (Wildman–Crippen MR) is 103 cm³/mol. The van der Waals surface area contributed by atoms with Crippen molar-refractivity contribution in [3.63, 3.8) is 0 Å². The first-order valence-electron chi connectivity index (χ1n) is 9.71. The van der Waals surface area contributed by atoms with Crippen LogP contribution in [0.2, 0.25) is 0 Å². The summed E-state index contributed by atoms with van der Waals surface area (Å²) in [6.07, 6.45) is 1.48. The molecule has 4 rings (SSSR count). The molecule has 0 bridgehead atoms. The summed E-state index contributed by atoms with van der Waals surface area (Å²) in [5, 5.41) is 19.7. The average Bonchev–Trinajstić information content (AvgIpc) is 3.22. The van der Waals surface area contributed by atoms with Crippen LogP contribution in [0.4, 0.5) is 4.39 Å². The zero-order chi connectivity index (χ0) is 19.7. The fourth-order valence-corrected chi connectivity index (χ4v) is 4.51. The number of phenolic OH excluding ortho intramolecular Hbond substituents is 1. The Kier molecular flexibility index (Phi) is 5.42. The third-order valence-electron chi connectivity index (χ3n) is 5.93. The molecule has 0 spiro atoms. The van der Waals surface area contributed by atoms with Crippen molar-refractivity contribution in [3.05, 3.63) is 53.8 Å². The number of β-amino-alcohol motifs (C(OH)–C–C–N with tert-alkyl or cyclic N) is 1. The summed E-state index contributed by atoms with van der Waals surface area (Å²) in [6.45, 7) is 2.32. The van der Waals surface area contributed by atoms with Crippen LogP contribution in [-0.2, 0) is 0 Å². The summed E-state index contributed by atoms with van der Waals surface area (Å²) in [5.41, 5.74) is 0.494. The van der Waals surface area contributed by atoms with Gasteiger partial charge in [0.25, 0.3) is 0 Å². The van der Waals surface area contributed by atoms with Gasteiger partial charge in [0.15, 0.2) is 11.6 Å². The first kappa shape index (κ1) is 19.0. The summed E-state index contributed by atoms with van der Waals surface area (Å²) in [6, 6.07) is 11.7. The molecular weight excluding hydrogens is 361 g/mol. The second-order valence-corrected chi connectivity index (χ2v) is 7.85. The molecular formula is C22H26FNO4. The number of phenols is 1. The smallest absolute Gasteiger partial charge is 0.165 e. The molecule has 3 atom stereocenters. The van der Waals surface area contributed by atoms with Crippen molar-refractivity contribution in [1.82, 2.24) is 4.90 Å². The zero-order valence-corrected chi connectivity index (χ0v) is 15.9. The minimum atomic E-state index is -0.764. The molecule has 1 aliphatic heterocycles. The second kappa shape index (κ2) is 7.97. The van der Waals surface area contributed by atoms with Gasteiger partial charge in [-0.05, 0) is 66.6 Å². The van der Waals surface area contributed by atoms with Gasteiger partial charge >= 0.3 is 0 Å². The molecule has 5 nitrogen and oxygen atoms in total. The van der Waals surface area contributed by atoms with Gasteiger partial charge in [-0.15, -0.1) is 0 Å². The van der Waals surface area contributed by atoms with E-state index in [1.165, 1.54) is 12.1 Å². The van der Waals surface area contributed by atoms with Crippen molar-refractivity contribution in [2.75, 3.05) is 26.7 Å². The minimum absolute atomic E-state index is 0.224. The number of nitrogens with zero attached hydrogens (tertiary/aromatic N) is 1. The molecule has 0 amide bonds. The van der Waals surface area contributed by atoms with Crippen LogP contribution in [0.1, 0.15) is 24.5 Å². The predicted octanol–water partition coefficient (Wildman–Crippen LogP) is 3.36. The molecule has 0 aromatic heterocycles. The molecule has 1 aliphatic carbocycles. The third-order valence-corrected chi connectivity index (χ3v) is 5.93. The number of rotatable bonds is 6.